The van der Waals surface area contributed by atoms with E-state index in [0.717, 1.165) is 22.8 Å². The van der Waals surface area contributed by atoms with E-state index < -0.39 is 9.84 Å². The smallest absolute Gasteiger partial charge is 0.153 e. The summed E-state index contributed by atoms with van der Waals surface area (Å²) in [7, 11) is -2.85. The molecule has 0 aliphatic carbocycles. The monoisotopic (exact) mass is 330 g/mol. The number of sulfone groups is 1. The maximum atomic E-state index is 11.5. The molecule has 0 unspecified atom stereocenters. The van der Waals surface area contributed by atoms with Crippen LogP contribution in [0.1, 0.15) is 26.3 Å². The van der Waals surface area contributed by atoms with Crippen LogP contribution >= 0.6 is 11.6 Å². The zero-order chi connectivity index (χ0) is 15.7. The lowest BCUT2D eigenvalue weighted by atomic mass is 10.1. The van der Waals surface area contributed by atoms with Gasteiger partial charge >= 0.3 is 0 Å². The fraction of sp³-hybridized carbons (Fsp3) is 0.600. The van der Waals surface area contributed by atoms with E-state index in [0.29, 0.717) is 13.1 Å². The summed E-state index contributed by atoms with van der Waals surface area (Å²) >= 11 is 6.35. The molecule has 1 aromatic carbocycles. The van der Waals surface area contributed by atoms with Crippen molar-refractivity contribution in [3.8, 4) is 0 Å². The van der Waals surface area contributed by atoms with Gasteiger partial charge in [-0.1, -0.05) is 17.7 Å². The Hall–Kier alpha value is -0.780. The molecule has 0 radical (unpaired) electrons. The van der Waals surface area contributed by atoms with Crippen LogP contribution in [0.5, 0.6) is 0 Å². The van der Waals surface area contributed by atoms with Gasteiger partial charge in [0.05, 0.1) is 11.5 Å². The maximum Gasteiger partial charge on any atom is 0.153 e. The van der Waals surface area contributed by atoms with Crippen LogP contribution in [0, 0.1) is 0 Å². The van der Waals surface area contributed by atoms with Gasteiger partial charge in [0, 0.05) is 35.9 Å². The predicted molar refractivity (Wildman–Crippen MR) is 88.9 cm³/mol. The second kappa shape index (κ2) is 6.15. The van der Waals surface area contributed by atoms with Crippen molar-refractivity contribution in [3.05, 3.63) is 28.8 Å². The minimum atomic E-state index is -2.85. The minimum Gasteiger partial charge on any atom is -0.369 e. The van der Waals surface area contributed by atoms with Crippen molar-refractivity contribution < 1.29 is 8.42 Å². The quantitative estimate of drug-likeness (QED) is 0.925. The van der Waals surface area contributed by atoms with Crippen molar-refractivity contribution in [3.63, 3.8) is 0 Å². The molecule has 1 heterocycles. The van der Waals surface area contributed by atoms with Gasteiger partial charge in [0.1, 0.15) is 0 Å². The zero-order valence-corrected chi connectivity index (χ0v) is 14.4. The molecule has 0 atom stereocenters. The van der Waals surface area contributed by atoms with E-state index in [1.165, 1.54) is 0 Å². The lowest BCUT2D eigenvalue weighted by molar-refractivity contribution is 0.424. The van der Waals surface area contributed by atoms with Crippen molar-refractivity contribution in [2.75, 3.05) is 29.5 Å². The molecule has 0 spiro atoms. The standard InChI is InChI=1S/C15H23ClN2O2S/c1-15(2,3)17-11-12-4-5-13(10-14(12)16)18-6-8-21(19,20)9-7-18/h4-5,10,17H,6-9,11H2,1-3H3. The lowest BCUT2D eigenvalue weighted by Gasteiger charge is -2.29. The molecule has 0 bridgehead atoms. The summed E-state index contributed by atoms with van der Waals surface area (Å²) in [5, 5.41) is 4.13. The number of nitrogens with one attached hydrogen (secondary N) is 1. The number of benzene rings is 1. The van der Waals surface area contributed by atoms with Crippen molar-refractivity contribution >= 4 is 27.1 Å². The highest BCUT2D eigenvalue weighted by Crippen LogP contribution is 2.25. The van der Waals surface area contributed by atoms with Crippen molar-refractivity contribution in [2.24, 2.45) is 0 Å². The third-order valence-electron chi connectivity index (χ3n) is 3.56. The fourth-order valence-electron chi connectivity index (χ4n) is 2.21. The lowest BCUT2D eigenvalue weighted by Crippen LogP contribution is -2.40. The van der Waals surface area contributed by atoms with E-state index in [9.17, 15) is 8.42 Å². The fourth-order valence-corrected chi connectivity index (χ4v) is 3.65. The van der Waals surface area contributed by atoms with Crippen LogP contribution in [0.2, 0.25) is 5.02 Å². The number of hydrogen-bond acceptors (Lipinski definition) is 4. The molecular weight excluding hydrogens is 308 g/mol. The highest BCUT2D eigenvalue weighted by Gasteiger charge is 2.22. The molecule has 0 saturated carbocycles. The average molecular weight is 331 g/mol. The van der Waals surface area contributed by atoms with Gasteiger partial charge in [0.15, 0.2) is 9.84 Å². The molecule has 2 rings (SSSR count). The summed E-state index contributed by atoms with van der Waals surface area (Å²) in [6.07, 6.45) is 0. The Balaban J connectivity index is 2.05. The van der Waals surface area contributed by atoms with Crippen molar-refractivity contribution in [1.82, 2.24) is 5.32 Å². The predicted octanol–water partition coefficient (Wildman–Crippen LogP) is 2.46. The number of nitrogens with zero attached hydrogens (tertiary/aromatic N) is 1. The molecule has 0 amide bonds. The topological polar surface area (TPSA) is 49.4 Å². The summed E-state index contributed by atoms with van der Waals surface area (Å²) in [6.45, 7) is 8.14. The molecule has 1 aliphatic rings. The van der Waals surface area contributed by atoms with Gasteiger partial charge in [-0.25, -0.2) is 8.42 Å². The molecule has 0 aromatic heterocycles. The van der Waals surface area contributed by atoms with E-state index >= 15 is 0 Å². The first-order valence-electron chi connectivity index (χ1n) is 7.15. The summed E-state index contributed by atoms with van der Waals surface area (Å²) in [5.41, 5.74) is 2.10. The first-order chi connectivity index (χ1) is 9.66. The van der Waals surface area contributed by atoms with E-state index in [4.69, 9.17) is 11.6 Å². The number of halogens is 1. The molecule has 21 heavy (non-hydrogen) atoms. The van der Waals surface area contributed by atoms with Crippen LogP contribution in [0.25, 0.3) is 0 Å². The van der Waals surface area contributed by atoms with Gasteiger partial charge in [-0.05, 0) is 38.5 Å². The highest BCUT2D eigenvalue weighted by molar-refractivity contribution is 7.91. The van der Waals surface area contributed by atoms with Crippen LogP contribution in [0.4, 0.5) is 5.69 Å². The molecule has 1 saturated heterocycles. The summed E-state index contributed by atoms with van der Waals surface area (Å²) in [5.74, 6) is 0.440. The molecule has 1 fully saturated rings. The molecule has 1 N–H and O–H groups in total. The second-order valence-corrected chi connectivity index (χ2v) is 9.23. The van der Waals surface area contributed by atoms with Crippen LogP contribution in [0.15, 0.2) is 18.2 Å². The van der Waals surface area contributed by atoms with Gasteiger partial charge < -0.3 is 10.2 Å². The Morgan fingerprint density at radius 3 is 2.38 bits per heavy atom. The second-order valence-electron chi connectivity index (χ2n) is 6.52. The number of anilines is 1. The third kappa shape index (κ3) is 4.87. The first kappa shape index (κ1) is 16.6. The van der Waals surface area contributed by atoms with Crippen LogP contribution in [-0.4, -0.2) is 38.6 Å². The largest absolute Gasteiger partial charge is 0.369 e. The highest BCUT2D eigenvalue weighted by atomic mass is 35.5. The van der Waals surface area contributed by atoms with Gasteiger partial charge in [-0.3, -0.25) is 0 Å². The molecular formula is C15H23ClN2O2S. The summed E-state index contributed by atoms with van der Waals surface area (Å²) in [4.78, 5) is 2.08. The summed E-state index contributed by atoms with van der Waals surface area (Å²) < 4.78 is 22.9. The Bertz CT molecular complexity index is 595. The summed E-state index contributed by atoms with van der Waals surface area (Å²) in [6, 6.07) is 5.96. The normalized spacial score (nSPS) is 18.8. The maximum absolute atomic E-state index is 11.5. The Kier molecular flexibility index (Phi) is 4.85. The van der Waals surface area contributed by atoms with E-state index in [1.54, 1.807) is 0 Å². The minimum absolute atomic E-state index is 0.0449. The molecule has 1 aromatic rings. The zero-order valence-electron chi connectivity index (χ0n) is 12.8. The Morgan fingerprint density at radius 1 is 1.24 bits per heavy atom. The SMILES string of the molecule is CC(C)(C)NCc1ccc(N2CCS(=O)(=O)CC2)cc1Cl. The first-order valence-corrected chi connectivity index (χ1v) is 9.35. The molecule has 6 heteroatoms. The molecule has 118 valence electrons. The number of hydrogen-bond donors (Lipinski definition) is 1. The van der Waals surface area contributed by atoms with Crippen LogP contribution in [0.3, 0.4) is 0 Å². The van der Waals surface area contributed by atoms with E-state index in [-0.39, 0.29) is 17.0 Å². The average Bonchev–Trinajstić information content (AvgIpc) is 2.36. The van der Waals surface area contributed by atoms with Crippen molar-refractivity contribution in [2.45, 2.75) is 32.9 Å². The van der Waals surface area contributed by atoms with Crippen LogP contribution in [-0.2, 0) is 16.4 Å². The van der Waals surface area contributed by atoms with E-state index in [1.807, 2.05) is 18.2 Å². The van der Waals surface area contributed by atoms with Crippen LogP contribution < -0.4 is 10.2 Å². The molecule has 1 aliphatic heterocycles. The Labute approximate surface area is 132 Å². The van der Waals surface area contributed by atoms with Gasteiger partial charge in [0.25, 0.3) is 0 Å². The van der Waals surface area contributed by atoms with E-state index in [2.05, 4.69) is 31.0 Å². The van der Waals surface area contributed by atoms with Gasteiger partial charge in [0.2, 0.25) is 0 Å². The Morgan fingerprint density at radius 2 is 1.86 bits per heavy atom. The molecule has 4 nitrogen and oxygen atoms in total. The van der Waals surface area contributed by atoms with Crippen molar-refractivity contribution in [1.29, 1.82) is 0 Å². The van der Waals surface area contributed by atoms with Gasteiger partial charge in [-0.15, -0.1) is 0 Å². The van der Waals surface area contributed by atoms with Gasteiger partial charge in [-0.2, -0.15) is 0 Å². The third-order valence-corrected chi connectivity index (χ3v) is 5.52. The number of rotatable bonds is 3.